The topological polar surface area (TPSA) is 54.2 Å². The van der Waals surface area contributed by atoms with Crippen LogP contribution in [0.1, 0.15) is 40.5 Å². The zero-order valence-corrected chi connectivity index (χ0v) is 12.2. The molecule has 0 amide bonds. The molecule has 0 bridgehead atoms. The van der Waals surface area contributed by atoms with Gasteiger partial charge in [-0.05, 0) is 26.7 Å². The molecular weight excluding hydrogens is 228 g/mol. The summed E-state index contributed by atoms with van der Waals surface area (Å²) in [4.78, 5) is 8.65. The Morgan fingerprint density at radius 2 is 2.17 bits per heavy atom. The van der Waals surface area contributed by atoms with Crippen molar-refractivity contribution in [3.63, 3.8) is 0 Å². The van der Waals surface area contributed by atoms with E-state index >= 15 is 0 Å². The fourth-order valence-corrected chi connectivity index (χ4v) is 1.65. The first-order valence-electron chi connectivity index (χ1n) is 6.59. The van der Waals surface area contributed by atoms with Crippen LogP contribution in [0.15, 0.2) is 22.1 Å². The van der Waals surface area contributed by atoms with E-state index < -0.39 is 6.10 Å². The molecule has 0 aromatic rings. The molecule has 0 spiro atoms. The number of methoxy groups -OCH3 is 1. The summed E-state index contributed by atoms with van der Waals surface area (Å²) >= 11 is 0. The average molecular weight is 254 g/mol. The molecule has 0 aliphatic carbocycles. The fraction of sp³-hybridized carbons (Fsp3) is 0.714. The highest BCUT2D eigenvalue weighted by Gasteiger charge is 2.26. The third kappa shape index (κ3) is 5.45. The first kappa shape index (κ1) is 16.8. The molecule has 0 fully saturated rings. The van der Waals surface area contributed by atoms with Crippen LogP contribution in [-0.4, -0.2) is 42.5 Å². The lowest BCUT2D eigenvalue weighted by Crippen LogP contribution is -2.37. The number of nitrogens with zero attached hydrogens (tertiary/aromatic N) is 2. The second-order valence-corrected chi connectivity index (χ2v) is 3.88. The van der Waals surface area contributed by atoms with Crippen molar-refractivity contribution in [2.24, 2.45) is 9.98 Å². The van der Waals surface area contributed by atoms with Gasteiger partial charge in [-0.15, -0.1) is 0 Å². The van der Waals surface area contributed by atoms with Gasteiger partial charge in [0, 0.05) is 5.71 Å². The molecular formula is C14H26N2O2. The molecule has 1 aliphatic rings. The number of hydrogen-bond donors (Lipinski definition) is 1. The summed E-state index contributed by atoms with van der Waals surface area (Å²) in [5.74, 6) is 0.540. The largest absolute Gasteiger partial charge is 0.483 e. The maximum atomic E-state index is 10.0. The molecule has 0 saturated heterocycles. The van der Waals surface area contributed by atoms with Gasteiger partial charge in [0.05, 0.1) is 19.8 Å². The Labute approximate surface area is 110 Å². The van der Waals surface area contributed by atoms with E-state index in [1.165, 1.54) is 0 Å². The maximum absolute atomic E-state index is 10.0. The van der Waals surface area contributed by atoms with Gasteiger partial charge in [-0.25, -0.2) is 4.99 Å². The fourth-order valence-electron chi connectivity index (χ4n) is 1.65. The molecule has 104 valence electrons. The smallest absolute Gasteiger partial charge is 0.211 e. The predicted molar refractivity (Wildman–Crippen MR) is 77.6 cm³/mol. The Hall–Kier alpha value is -1.16. The van der Waals surface area contributed by atoms with Crippen molar-refractivity contribution < 1.29 is 9.84 Å². The van der Waals surface area contributed by atoms with Gasteiger partial charge in [0.15, 0.2) is 6.04 Å². The summed E-state index contributed by atoms with van der Waals surface area (Å²) in [5.41, 5.74) is 0.941. The van der Waals surface area contributed by atoms with Gasteiger partial charge in [0.1, 0.15) is 0 Å². The average Bonchev–Trinajstić information content (AvgIpc) is 2.41. The van der Waals surface area contributed by atoms with E-state index in [1.54, 1.807) is 7.11 Å². The Bertz CT molecular complexity index is 309. The number of allylic oxidation sites excluding steroid dienone is 2. The third-order valence-corrected chi connectivity index (χ3v) is 2.51. The van der Waals surface area contributed by atoms with Crippen LogP contribution in [0.25, 0.3) is 0 Å². The van der Waals surface area contributed by atoms with Gasteiger partial charge < -0.3 is 9.84 Å². The van der Waals surface area contributed by atoms with E-state index in [4.69, 9.17) is 4.74 Å². The number of aliphatic imine (C=N–C) groups is 2. The second kappa shape index (κ2) is 9.83. The normalized spacial score (nSPS) is 20.7. The highest BCUT2D eigenvalue weighted by Crippen LogP contribution is 2.13. The maximum Gasteiger partial charge on any atom is 0.211 e. The Morgan fingerprint density at radius 3 is 2.72 bits per heavy atom. The quantitative estimate of drug-likeness (QED) is 0.784. The minimum absolute atomic E-state index is 0.330. The molecule has 0 aromatic carbocycles. The monoisotopic (exact) mass is 254 g/mol. The van der Waals surface area contributed by atoms with Gasteiger partial charge in [-0.2, -0.15) is 0 Å². The molecule has 0 radical (unpaired) electrons. The van der Waals surface area contributed by atoms with Crippen molar-refractivity contribution in [1.29, 1.82) is 0 Å². The Balaban J connectivity index is 0.00000137. The zero-order chi connectivity index (χ0) is 14.0. The van der Waals surface area contributed by atoms with Crippen molar-refractivity contribution in [1.82, 2.24) is 0 Å². The molecule has 1 N–H and O–H groups in total. The van der Waals surface area contributed by atoms with Crippen LogP contribution >= 0.6 is 0 Å². The first-order chi connectivity index (χ1) is 8.69. The summed E-state index contributed by atoms with van der Waals surface area (Å²) in [6.07, 6.45) is 5.01. The molecule has 0 saturated carbocycles. The highest BCUT2D eigenvalue weighted by molar-refractivity contribution is 5.94. The van der Waals surface area contributed by atoms with Crippen LogP contribution in [-0.2, 0) is 4.74 Å². The van der Waals surface area contributed by atoms with Crippen molar-refractivity contribution in [3.05, 3.63) is 12.2 Å². The molecule has 2 atom stereocenters. The van der Waals surface area contributed by atoms with Crippen LogP contribution in [0.5, 0.6) is 0 Å². The van der Waals surface area contributed by atoms with Crippen molar-refractivity contribution in [2.75, 3.05) is 13.7 Å². The van der Waals surface area contributed by atoms with E-state index in [9.17, 15) is 5.11 Å². The summed E-state index contributed by atoms with van der Waals surface area (Å²) in [6, 6.07) is -0.330. The lowest BCUT2D eigenvalue weighted by Gasteiger charge is -2.23. The summed E-state index contributed by atoms with van der Waals surface area (Å²) in [7, 11) is 1.57. The molecule has 18 heavy (non-hydrogen) atoms. The van der Waals surface area contributed by atoms with Crippen molar-refractivity contribution >= 4 is 11.6 Å². The van der Waals surface area contributed by atoms with Crippen LogP contribution < -0.4 is 0 Å². The molecule has 4 nitrogen and oxygen atoms in total. The number of aliphatic hydroxyl groups is 1. The number of ether oxygens (including phenoxy) is 1. The van der Waals surface area contributed by atoms with Gasteiger partial charge in [-0.3, -0.25) is 4.99 Å². The lowest BCUT2D eigenvalue weighted by atomic mass is 10.0. The van der Waals surface area contributed by atoms with Crippen LogP contribution in [0.4, 0.5) is 0 Å². The SMILES string of the molecule is C/C=C/CCC(O)C1N=C(C)CN=C1OC.CC. The lowest BCUT2D eigenvalue weighted by molar-refractivity contribution is 0.148. The number of hydrogen-bond acceptors (Lipinski definition) is 4. The van der Waals surface area contributed by atoms with Gasteiger partial charge in [0.25, 0.3) is 0 Å². The van der Waals surface area contributed by atoms with Crippen LogP contribution in [0.3, 0.4) is 0 Å². The van der Waals surface area contributed by atoms with Gasteiger partial charge in [0.2, 0.25) is 5.90 Å². The number of rotatable bonds is 4. The first-order valence-corrected chi connectivity index (χ1v) is 6.59. The van der Waals surface area contributed by atoms with Crippen molar-refractivity contribution in [3.8, 4) is 0 Å². The molecule has 1 aliphatic heterocycles. The number of aliphatic hydroxyl groups excluding tert-OH is 1. The van der Waals surface area contributed by atoms with E-state index in [-0.39, 0.29) is 6.04 Å². The minimum atomic E-state index is -0.523. The van der Waals surface area contributed by atoms with Crippen molar-refractivity contribution in [2.45, 2.75) is 52.7 Å². The van der Waals surface area contributed by atoms with E-state index in [2.05, 4.69) is 9.98 Å². The summed E-state index contributed by atoms with van der Waals surface area (Å²) in [5, 5.41) is 10.0. The van der Waals surface area contributed by atoms with E-state index in [1.807, 2.05) is 39.8 Å². The van der Waals surface area contributed by atoms with Gasteiger partial charge >= 0.3 is 0 Å². The predicted octanol–water partition coefficient (Wildman–Crippen LogP) is 2.62. The molecule has 4 heteroatoms. The Kier molecular flexibility index (Phi) is 9.19. The summed E-state index contributed by atoms with van der Waals surface area (Å²) < 4.78 is 5.14. The second-order valence-electron chi connectivity index (χ2n) is 3.88. The molecule has 2 unspecified atom stereocenters. The highest BCUT2D eigenvalue weighted by atomic mass is 16.5. The zero-order valence-electron chi connectivity index (χ0n) is 12.2. The van der Waals surface area contributed by atoms with E-state index in [0.29, 0.717) is 18.9 Å². The standard InChI is InChI=1S/C12H20N2O2.C2H6/c1-4-5-6-7-10(15)11-12(16-3)13-8-9(2)14-11;1-2/h4-5,10-11,15H,6-8H2,1-3H3;1-2H3/b5-4+;. The van der Waals surface area contributed by atoms with Crippen LogP contribution in [0.2, 0.25) is 0 Å². The minimum Gasteiger partial charge on any atom is -0.483 e. The molecule has 0 aromatic heterocycles. The Morgan fingerprint density at radius 1 is 1.50 bits per heavy atom. The molecule has 1 rings (SSSR count). The third-order valence-electron chi connectivity index (χ3n) is 2.51. The van der Waals surface area contributed by atoms with E-state index in [0.717, 1.165) is 12.1 Å². The molecule has 1 heterocycles. The van der Waals surface area contributed by atoms with Crippen LogP contribution in [0, 0.1) is 0 Å². The van der Waals surface area contributed by atoms with Gasteiger partial charge in [-0.1, -0.05) is 26.0 Å². The summed E-state index contributed by atoms with van der Waals surface area (Å²) in [6.45, 7) is 8.46.